The molecule has 3 heteroatoms. The van der Waals surface area contributed by atoms with Gasteiger partial charge in [0, 0.05) is 0 Å². The summed E-state index contributed by atoms with van der Waals surface area (Å²) < 4.78 is 0.287. The Labute approximate surface area is 72.9 Å². The molecule has 0 radical (unpaired) electrons. The average molecular weight is 171 g/mol. The summed E-state index contributed by atoms with van der Waals surface area (Å²) in [4.78, 5) is 0. The summed E-state index contributed by atoms with van der Waals surface area (Å²) in [5.74, 6) is 0. The van der Waals surface area contributed by atoms with Gasteiger partial charge in [-0.25, -0.2) is 0 Å². The minimum absolute atomic E-state index is 0.201. The monoisotopic (exact) mass is 171 g/mol. The number of nitriles is 1. The normalized spacial score (nSPS) is 10.2. The van der Waals surface area contributed by atoms with Crippen LogP contribution in [0.3, 0.4) is 0 Å². The first-order valence-electron chi connectivity index (χ1n) is 2.88. The van der Waals surface area contributed by atoms with Gasteiger partial charge in [-0.2, -0.15) is 5.26 Å². The second kappa shape index (κ2) is 3.18. The van der Waals surface area contributed by atoms with E-state index in [1.54, 1.807) is 0 Å². The Kier molecular flexibility index (Phi) is 3.07. The Bertz CT molecular complexity index is 189. The van der Waals surface area contributed by atoms with Gasteiger partial charge in [-0.3, -0.25) is 0 Å². The minimum Gasteiger partial charge on any atom is -0.806 e. The van der Waals surface area contributed by atoms with Gasteiger partial charge in [0.05, 0.1) is 6.07 Å². The summed E-state index contributed by atoms with van der Waals surface area (Å²) in [5, 5.41) is 8.59. The molecule has 0 aliphatic rings. The molecule has 56 valence electrons. The molecule has 0 heterocycles. The largest absolute Gasteiger partial charge is 0.806 e. The van der Waals surface area contributed by atoms with Crippen molar-refractivity contribution in [1.82, 2.24) is 0 Å². The van der Waals surface area contributed by atoms with Gasteiger partial charge in [0.15, 0.2) is 0 Å². The van der Waals surface area contributed by atoms with Crippen molar-refractivity contribution in [2.24, 2.45) is 5.41 Å². The molecule has 0 unspecified atom stereocenters. The summed E-state index contributed by atoms with van der Waals surface area (Å²) in [6.45, 7) is 5.76. The predicted molar refractivity (Wildman–Crippen MR) is 46.8 cm³/mol. The van der Waals surface area contributed by atoms with Crippen LogP contribution in [0, 0.1) is 16.7 Å². The Balaban J connectivity index is 4.78. The van der Waals surface area contributed by atoms with Crippen molar-refractivity contribution < 1.29 is 0 Å². The number of hydrogen-bond acceptors (Lipinski definition) is 3. The Hall–Kier alpha value is -0.330. The zero-order chi connectivity index (χ0) is 8.36. The second-order valence-corrected chi connectivity index (χ2v) is 4.10. The first-order valence-corrected chi connectivity index (χ1v) is 3.70. The lowest BCUT2D eigenvalue weighted by Crippen LogP contribution is -2.09. The molecule has 0 aliphatic heterocycles. The van der Waals surface area contributed by atoms with E-state index in [4.69, 9.17) is 30.5 Å². The quantitative estimate of drug-likeness (QED) is 0.410. The Morgan fingerprint density at radius 2 is 1.70 bits per heavy atom. The number of rotatable bonds is 0. The van der Waals surface area contributed by atoms with Gasteiger partial charge >= 0.3 is 0 Å². The van der Waals surface area contributed by atoms with Crippen LogP contribution in [0.25, 0.3) is 0 Å². The van der Waals surface area contributed by atoms with Crippen LogP contribution in [0.2, 0.25) is 0 Å². The molecule has 0 aliphatic carbocycles. The summed E-state index contributed by atoms with van der Waals surface area (Å²) in [6, 6.07) is 2.01. The highest BCUT2D eigenvalue weighted by atomic mass is 32.2. The van der Waals surface area contributed by atoms with E-state index in [0.29, 0.717) is 5.57 Å². The van der Waals surface area contributed by atoms with E-state index in [1.807, 2.05) is 26.8 Å². The topological polar surface area (TPSA) is 23.8 Å². The zero-order valence-corrected chi connectivity index (χ0v) is 7.90. The third-order valence-electron chi connectivity index (χ3n) is 1.07. The summed E-state index contributed by atoms with van der Waals surface area (Å²) in [5.41, 5.74) is 0.325. The van der Waals surface area contributed by atoms with E-state index in [2.05, 4.69) is 0 Å². The van der Waals surface area contributed by atoms with Crippen molar-refractivity contribution in [3.8, 4) is 6.07 Å². The maximum Gasteiger partial charge on any atom is 0.0915 e. The fourth-order valence-corrected chi connectivity index (χ4v) is 1.22. The molecule has 0 rings (SSSR count). The van der Waals surface area contributed by atoms with Gasteiger partial charge in [0.1, 0.15) is 0 Å². The lowest BCUT2D eigenvalue weighted by atomic mass is 9.88. The number of hydrogen-bond donors (Lipinski definition) is 0. The first kappa shape index (κ1) is 9.67. The molecule has 0 bridgehead atoms. The highest BCUT2D eigenvalue weighted by Crippen LogP contribution is 2.26. The molecule has 0 atom stereocenters. The van der Waals surface area contributed by atoms with E-state index in [1.165, 1.54) is 0 Å². The molecular weight excluding hydrogens is 162 g/mol. The molecule has 0 aromatic heterocycles. The smallest absolute Gasteiger partial charge is 0.0915 e. The lowest BCUT2D eigenvalue weighted by Gasteiger charge is -2.29. The van der Waals surface area contributed by atoms with Crippen molar-refractivity contribution in [2.45, 2.75) is 20.8 Å². The third-order valence-corrected chi connectivity index (χ3v) is 1.47. The van der Waals surface area contributed by atoms with E-state index in [-0.39, 0.29) is 9.65 Å². The summed E-state index contributed by atoms with van der Waals surface area (Å²) in [7, 11) is 0. The second-order valence-electron chi connectivity index (χ2n) is 3.02. The van der Waals surface area contributed by atoms with Crippen LogP contribution in [0.4, 0.5) is 0 Å². The fourth-order valence-electron chi connectivity index (χ4n) is 0.520. The van der Waals surface area contributed by atoms with Gasteiger partial charge in [-0.1, -0.05) is 20.8 Å². The molecule has 0 spiro atoms. The van der Waals surface area contributed by atoms with Crippen molar-refractivity contribution in [1.29, 1.82) is 5.26 Å². The third kappa shape index (κ3) is 2.51. The summed E-state index contributed by atoms with van der Waals surface area (Å²) >= 11 is 9.44. The van der Waals surface area contributed by atoms with Crippen LogP contribution in [-0.2, 0) is 25.3 Å². The molecule has 0 saturated heterocycles. The van der Waals surface area contributed by atoms with Crippen molar-refractivity contribution in [3.05, 3.63) is 9.81 Å². The zero-order valence-electron chi connectivity index (χ0n) is 6.26. The van der Waals surface area contributed by atoms with Gasteiger partial charge in [0.25, 0.3) is 0 Å². The molecular formula is C7H9NS2-2. The lowest BCUT2D eigenvalue weighted by molar-refractivity contribution is 0.520. The van der Waals surface area contributed by atoms with Crippen LogP contribution in [0.15, 0.2) is 9.81 Å². The molecule has 1 nitrogen and oxygen atoms in total. The van der Waals surface area contributed by atoms with Crippen LogP contribution in [-0.4, -0.2) is 0 Å². The van der Waals surface area contributed by atoms with E-state index in [9.17, 15) is 0 Å². The highest BCUT2D eigenvalue weighted by Gasteiger charge is 2.13. The maximum atomic E-state index is 8.59. The maximum absolute atomic E-state index is 8.59. The number of nitrogens with zero attached hydrogens (tertiary/aromatic N) is 1. The molecule has 0 fully saturated rings. The van der Waals surface area contributed by atoms with Crippen LogP contribution in [0.1, 0.15) is 20.8 Å². The van der Waals surface area contributed by atoms with E-state index >= 15 is 0 Å². The van der Waals surface area contributed by atoms with Gasteiger partial charge in [-0.05, 0) is 11.0 Å². The van der Waals surface area contributed by atoms with Crippen molar-refractivity contribution >= 4 is 25.3 Å². The highest BCUT2D eigenvalue weighted by molar-refractivity contribution is 7.84. The van der Waals surface area contributed by atoms with E-state index < -0.39 is 0 Å². The van der Waals surface area contributed by atoms with Gasteiger partial charge < -0.3 is 29.5 Å². The molecule has 0 amide bonds. The summed E-state index contributed by atoms with van der Waals surface area (Å²) in [6.07, 6.45) is 0. The Morgan fingerprint density at radius 3 is 1.70 bits per heavy atom. The van der Waals surface area contributed by atoms with Crippen LogP contribution >= 0.6 is 0 Å². The fraction of sp³-hybridized carbons (Fsp3) is 0.571. The van der Waals surface area contributed by atoms with Crippen molar-refractivity contribution in [2.75, 3.05) is 0 Å². The van der Waals surface area contributed by atoms with Crippen LogP contribution < -0.4 is 0 Å². The van der Waals surface area contributed by atoms with Gasteiger partial charge in [0.2, 0.25) is 0 Å². The molecule has 10 heavy (non-hydrogen) atoms. The SMILES string of the molecule is CC(C)(C)C(C#N)=C([S-])[S-]. The van der Waals surface area contributed by atoms with Crippen LogP contribution in [0.5, 0.6) is 0 Å². The minimum atomic E-state index is -0.201. The molecule has 0 aromatic carbocycles. The van der Waals surface area contributed by atoms with E-state index in [0.717, 1.165) is 0 Å². The van der Waals surface area contributed by atoms with Crippen molar-refractivity contribution in [3.63, 3.8) is 0 Å². The predicted octanol–water partition coefficient (Wildman–Crippen LogP) is 1.86. The number of allylic oxidation sites excluding steroid dienone is 1. The standard InChI is InChI=1S/C7H11NS2/c1-7(2,3)5(4-8)6(9)10/h9-10H,1-3H3/p-2. The van der Waals surface area contributed by atoms with Gasteiger partial charge in [-0.15, -0.1) is 0 Å². The molecule has 0 saturated carbocycles. The molecule has 0 N–H and O–H groups in total. The Morgan fingerprint density at radius 1 is 1.30 bits per heavy atom. The average Bonchev–Trinajstić information content (AvgIpc) is 1.60. The first-order chi connectivity index (χ1) is 4.39. The molecule has 0 aromatic rings.